The lowest BCUT2D eigenvalue weighted by Crippen LogP contribution is -2.25. The maximum Gasteiger partial charge on any atom is 0.252 e. The number of carbonyl (C=O) groups is 2. The summed E-state index contributed by atoms with van der Waals surface area (Å²) >= 11 is 1.46. The molecule has 1 aromatic carbocycles. The lowest BCUT2D eigenvalue weighted by Gasteiger charge is -2.17. The van der Waals surface area contributed by atoms with Crippen LogP contribution in [0, 0.1) is 0 Å². The summed E-state index contributed by atoms with van der Waals surface area (Å²) < 4.78 is 0. The molecule has 3 N–H and O–H groups in total. The number of aliphatic hydroxyl groups excluding tert-OH is 1. The molecule has 2 rings (SSSR count). The second-order valence-electron chi connectivity index (χ2n) is 3.71. The molecule has 6 heteroatoms. The third-order valence-electron chi connectivity index (χ3n) is 2.26. The zero-order valence-electron chi connectivity index (χ0n) is 9.19. The van der Waals surface area contributed by atoms with Crippen LogP contribution in [-0.2, 0) is 9.59 Å². The summed E-state index contributed by atoms with van der Waals surface area (Å²) in [6.45, 7) is 1.39. The minimum absolute atomic E-state index is 0.0542. The molecule has 1 atom stereocenters. The van der Waals surface area contributed by atoms with E-state index in [0.29, 0.717) is 17.1 Å². The van der Waals surface area contributed by atoms with E-state index in [2.05, 4.69) is 10.6 Å². The number of thioether (sulfide) groups is 1. The number of nitrogens with one attached hydrogen (secondary N) is 2. The highest BCUT2D eigenvalue weighted by atomic mass is 32.2. The van der Waals surface area contributed by atoms with Crippen molar-refractivity contribution in [2.24, 2.45) is 0 Å². The third kappa shape index (κ3) is 2.78. The summed E-state index contributed by atoms with van der Waals surface area (Å²) in [5.41, 5.74) is 1.24. The van der Waals surface area contributed by atoms with E-state index >= 15 is 0 Å². The first-order valence-corrected chi connectivity index (χ1v) is 6.10. The molecule has 0 bridgehead atoms. The zero-order chi connectivity index (χ0) is 12.4. The van der Waals surface area contributed by atoms with Crippen LogP contribution in [0.25, 0.3) is 0 Å². The van der Waals surface area contributed by atoms with Crippen molar-refractivity contribution in [1.29, 1.82) is 0 Å². The summed E-state index contributed by atoms with van der Waals surface area (Å²) in [7, 11) is 0. The number of rotatable bonds is 2. The van der Waals surface area contributed by atoms with E-state index < -0.39 is 12.0 Å². The second kappa shape index (κ2) is 4.77. The van der Waals surface area contributed by atoms with Crippen molar-refractivity contribution in [1.82, 2.24) is 0 Å². The molecule has 1 aliphatic rings. The predicted octanol–water partition coefficient (Wildman–Crippen LogP) is 1.05. The molecule has 1 aliphatic heterocycles. The molecular weight excluding hydrogens is 240 g/mol. The van der Waals surface area contributed by atoms with Crippen LogP contribution < -0.4 is 10.6 Å². The van der Waals surface area contributed by atoms with Gasteiger partial charge in [-0.05, 0) is 25.1 Å². The fourth-order valence-corrected chi connectivity index (χ4v) is 2.20. The Labute approximate surface area is 103 Å². The molecule has 5 nitrogen and oxygen atoms in total. The van der Waals surface area contributed by atoms with E-state index in [1.54, 1.807) is 12.1 Å². The molecular formula is C11H12N2O3S. The van der Waals surface area contributed by atoms with Gasteiger partial charge in [-0.1, -0.05) is 0 Å². The Morgan fingerprint density at radius 1 is 1.59 bits per heavy atom. The first-order valence-electron chi connectivity index (χ1n) is 5.12. The van der Waals surface area contributed by atoms with Crippen molar-refractivity contribution < 1.29 is 14.7 Å². The number of hydrogen-bond acceptors (Lipinski definition) is 4. The molecule has 0 saturated heterocycles. The molecule has 0 spiro atoms. The molecule has 1 unspecified atom stereocenters. The number of aliphatic hydroxyl groups is 1. The number of anilines is 2. The van der Waals surface area contributed by atoms with Crippen LogP contribution in [0.2, 0.25) is 0 Å². The second-order valence-corrected chi connectivity index (χ2v) is 4.73. The Bertz CT molecular complexity index is 474. The smallest absolute Gasteiger partial charge is 0.252 e. The van der Waals surface area contributed by atoms with Crippen molar-refractivity contribution in [3.63, 3.8) is 0 Å². The van der Waals surface area contributed by atoms with Crippen molar-refractivity contribution in [2.45, 2.75) is 17.9 Å². The molecule has 90 valence electrons. The quantitative estimate of drug-likeness (QED) is 0.735. The highest BCUT2D eigenvalue weighted by Gasteiger charge is 2.16. The first-order chi connectivity index (χ1) is 8.06. The average Bonchev–Trinajstić information content (AvgIpc) is 2.28. The summed E-state index contributed by atoms with van der Waals surface area (Å²) in [6.07, 6.45) is -1.06. The summed E-state index contributed by atoms with van der Waals surface area (Å²) in [6, 6.07) is 5.25. The number of carbonyl (C=O) groups excluding carboxylic acids is 2. The van der Waals surface area contributed by atoms with E-state index in [1.807, 2.05) is 6.07 Å². The first kappa shape index (κ1) is 11.9. The maximum atomic E-state index is 11.3. The molecule has 0 aliphatic carbocycles. The highest BCUT2D eigenvalue weighted by molar-refractivity contribution is 8.00. The Balaban J connectivity index is 2.18. The number of fused-ring (bicyclic) bond motifs is 1. The Morgan fingerprint density at radius 2 is 2.35 bits per heavy atom. The van der Waals surface area contributed by atoms with Gasteiger partial charge >= 0.3 is 0 Å². The average molecular weight is 252 g/mol. The van der Waals surface area contributed by atoms with Crippen LogP contribution in [0.4, 0.5) is 11.4 Å². The lowest BCUT2D eigenvalue weighted by atomic mass is 10.2. The van der Waals surface area contributed by atoms with Crippen molar-refractivity contribution in [2.75, 3.05) is 16.4 Å². The van der Waals surface area contributed by atoms with Gasteiger partial charge in [0, 0.05) is 10.6 Å². The van der Waals surface area contributed by atoms with Crippen LogP contribution >= 0.6 is 11.8 Å². The van der Waals surface area contributed by atoms with Crippen LogP contribution in [0.5, 0.6) is 0 Å². The van der Waals surface area contributed by atoms with E-state index in [4.69, 9.17) is 5.11 Å². The predicted molar refractivity (Wildman–Crippen MR) is 66.1 cm³/mol. The van der Waals surface area contributed by atoms with Gasteiger partial charge < -0.3 is 15.7 Å². The summed E-state index contributed by atoms with van der Waals surface area (Å²) in [5, 5.41) is 14.4. The molecule has 0 radical (unpaired) electrons. The van der Waals surface area contributed by atoms with Crippen LogP contribution in [0.1, 0.15) is 6.92 Å². The van der Waals surface area contributed by atoms with Gasteiger partial charge in [-0.2, -0.15) is 0 Å². The minimum Gasteiger partial charge on any atom is -0.384 e. The number of hydrogen-bond donors (Lipinski definition) is 3. The molecule has 1 aromatic rings. The number of benzene rings is 1. The molecule has 2 amide bonds. The monoisotopic (exact) mass is 252 g/mol. The maximum absolute atomic E-state index is 11.3. The third-order valence-corrected chi connectivity index (χ3v) is 3.33. The van der Waals surface area contributed by atoms with Gasteiger partial charge in [-0.3, -0.25) is 9.59 Å². The van der Waals surface area contributed by atoms with E-state index in [1.165, 1.54) is 18.7 Å². The van der Waals surface area contributed by atoms with E-state index in [0.717, 1.165) is 4.90 Å². The fourth-order valence-electron chi connectivity index (χ4n) is 1.41. The van der Waals surface area contributed by atoms with Gasteiger partial charge in [-0.25, -0.2) is 0 Å². The SMILES string of the molecule is CC(O)C(=O)Nc1ccc2c(c1)NC(=O)CS2. The van der Waals surface area contributed by atoms with E-state index in [-0.39, 0.29) is 5.91 Å². The van der Waals surface area contributed by atoms with Crippen LogP contribution in [-0.4, -0.2) is 28.8 Å². The standard InChI is InChI=1S/C11H12N2O3S/c1-6(14)11(16)12-7-2-3-9-8(4-7)13-10(15)5-17-9/h2-4,6,14H,5H2,1H3,(H,12,16)(H,13,15). The van der Waals surface area contributed by atoms with Gasteiger partial charge in [0.1, 0.15) is 6.10 Å². The topological polar surface area (TPSA) is 78.4 Å². The van der Waals surface area contributed by atoms with Gasteiger partial charge in [0.25, 0.3) is 5.91 Å². The van der Waals surface area contributed by atoms with Gasteiger partial charge in [0.15, 0.2) is 0 Å². The number of amides is 2. The molecule has 0 aromatic heterocycles. The molecule has 0 fully saturated rings. The molecule has 1 heterocycles. The largest absolute Gasteiger partial charge is 0.384 e. The lowest BCUT2D eigenvalue weighted by molar-refractivity contribution is -0.123. The zero-order valence-corrected chi connectivity index (χ0v) is 10.0. The van der Waals surface area contributed by atoms with Gasteiger partial charge in [0.2, 0.25) is 5.91 Å². The Morgan fingerprint density at radius 3 is 3.06 bits per heavy atom. The molecule has 17 heavy (non-hydrogen) atoms. The summed E-state index contributed by atoms with van der Waals surface area (Å²) in [4.78, 5) is 23.5. The van der Waals surface area contributed by atoms with Gasteiger partial charge in [0.05, 0.1) is 11.4 Å². The van der Waals surface area contributed by atoms with E-state index in [9.17, 15) is 9.59 Å². The van der Waals surface area contributed by atoms with Crippen LogP contribution in [0.3, 0.4) is 0 Å². The summed E-state index contributed by atoms with van der Waals surface area (Å²) in [5.74, 6) is -0.118. The minimum atomic E-state index is -1.06. The van der Waals surface area contributed by atoms with Crippen molar-refractivity contribution >= 4 is 35.0 Å². The highest BCUT2D eigenvalue weighted by Crippen LogP contribution is 2.33. The normalized spacial score (nSPS) is 15.8. The Hall–Kier alpha value is -1.53. The van der Waals surface area contributed by atoms with Crippen LogP contribution in [0.15, 0.2) is 23.1 Å². The van der Waals surface area contributed by atoms with Crippen molar-refractivity contribution in [3.05, 3.63) is 18.2 Å². The van der Waals surface area contributed by atoms with Crippen molar-refractivity contribution in [3.8, 4) is 0 Å². The fraction of sp³-hybridized carbons (Fsp3) is 0.273. The van der Waals surface area contributed by atoms with Gasteiger partial charge in [-0.15, -0.1) is 11.8 Å². The molecule has 0 saturated carbocycles. The Kier molecular flexibility index (Phi) is 3.35.